The van der Waals surface area contributed by atoms with Crippen molar-refractivity contribution in [2.24, 2.45) is 5.41 Å². The summed E-state index contributed by atoms with van der Waals surface area (Å²) in [5.41, 5.74) is -0.0990. The van der Waals surface area contributed by atoms with Gasteiger partial charge in [0.2, 0.25) is 0 Å². The Balaban J connectivity index is 2.15. The van der Waals surface area contributed by atoms with Crippen molar-refractivity contribution in [3.05, 3.63) is 0 Å². The van der Waals surface area contributed by atoms with E-state index < -0.39 is 0 Å². The third kappa shape index (κ3) is 1.09. The minimum absolute atomic E-state index is 0.0990. The lowest BCUT2D eigenvalue weighted by Crippen LogP contribution is -2.43. The summed E-state index contributed by atoms with van der Waals surface area (Å²) in [6.45, 7) is 0. The van der Waals surface area contributed by atoms with Gasteiger partial charge in [0.1, 0.15) is 0 Å². The van der Waals surface area contributed by atoms with Crippen molar-refractivity contribution in [3.63, 3.8) is 0 Å². The number of hydrogen-bond donors (Lipinski definition) is 2. The maximum Gasteiger partial charge on any atom is 0.0621 e. The van der Waals surface area contributed by atoms with Gasteiger partial charge < -0.3 is 10.2 Å². The predicted octanol–water partition coefficient (Wildman–Crippen LogP) is 1.45. The minimum atomic E-state index is -0.233. The van der Waals surface area contributed by atoms with E-state index in [2.05, 4.69) is 0 Å². The maximum absolute atomic E-state index is 9.87. The van der Waals surface area contributed by atoms with Crippen molar-refractivity contribution in [2.45, 2.75) is 57.2 Å². The molecule has 2 fully saturated rings. The quantitative estimate of drug-likeness (QED) is 0.577. The van der Waals surface area contributed by atoms with E-state index in [1.54, 1.807) is 0 Å². The fourth-order valence-electron chi connectivity index (χ4n) is 3.00. The molecule has 2 nitrogen and oxygen atoms in total. The summed E-state index contributed by atoms with van der Waals surface area (Å²) >= 11 is 0. The highest BCUT2D eigenvalue weighted by Gasteiger charge is 2.48. The van der Waals surface area contributed by atoms with Crippen molar-refractivity contribution >= 4 is 0 Å². The predicted molar refractivity (Wildman–Crippen MR) is 46.8 cm³/mol. The Morgan fingerprint density at radius 3 is 2.00 bits per heavy atom. The van der Waals surface area contributed by atoms with Gasteiger partial charge in [0.15, 0.2) is 0 Å². The number of rotatable bonds is 0. The molecule has 3 atom stereocenters. The molecule has 0 heterocycles. The standard InChI is InChI=1S/C10H18O2/c11-8-4-1-2-6-10(8)7-3-5-9(10)12/h8-9,11-12H,1-7H2/t8-,9-,10-/m0/s1. The molecule has 12 heavy (non-hydrogen) atoms. The van der Waals surface area contributed by atoms with Gasteiger partial charge in [0.25, 0.3) is 0 Å². The monoisotopic (exact) mass is 170 g/mol. The Hall–Kier alpha value is -0.0800. The van der Waals surface area contributed by atoms with E-state index in [0.29, 0.717) is 0 Å². The first-order valence-electron chi connectivity index (χ1n) is 5.12. The van der Waals surface area contributed by atoms with E-state index in [4.69, 9.17) is 0 Å². The average Bonchev–Trinajstić information content (AvgIpc) is 2.41. The van der Waals surface area contributed by atoms with Crippen LogP contribution in [0, 0.1) is 5.41 Å². The summed E-state index contributed by atoms with van der Waals surface area (Å²) in [5, 5.41) is 19.7. The maximum atomic E-state index is 9.87. The molecule has 2 N–H and O–H groups in total. The summed E-state index contributed by atoms with van der Waals surface area (Å²) in [6, 6.07) is 0. The SMILES string of the molecule is O[C@H]1CCCC[C@]12CCC[C@@H]2O. The van der Waals surface area contributed by atoms with Crippen LogP contribution < -0.4 is 0 Å². The van der Waals surface area contributed by atoms with Gasteiger partial charge in [-0.05, 0) is 25.7 Å². The third-order valence-electron chi connectivity index (χ3n) is 3.82. The first-order chi connectivity index (χ1) is 5.76. The topological polar surface area (TPSA) is 40.5 Å². The molecular weight excluding hydrogens is 152 g/mol. The van der Waals surface area contributed by atoms with Gasteiger partial charge in [-0.1, -0.05) is 19.3 Å². The molecule has 0 saturated heterocycles. The second kappa shape index (κ2) is 3.00. The van der Waals surface area contributed by atoms with Crippen molar-refractivity contribution in [3.8, 4) is 0 Å². The smallest absolute Gasteiger partial charge is 0.0621 e. The molecule has 0 amide bonds. The first-order valence-corrected chi connectivity index (χ1v) is 5.12. The van der Waals surface area contributed by atoms with Crippen molar-refractivity contribution in [1.29, 1.82) is 0 Å². The summed E-state index contributed by atoms with van der Waals surface area (Å²) in [4.78, 5) is 0. The van der Waals surface area contributed by atoms with E-state index in [1.807, 2.05) is 0 Å². The number of hydrogen-bond acceptors (Lipinski definition) is 2. The molecule has 70 valence electrons. The first kappa shape index (κ1) is 8.52. The highest BCUT2D eigenvalue weighted by Crippen LogP contribution is 2.49. The van der Waals surface area contributed by atoms with Crippen molar-refractivity contribution in [2.75, 3.05) is 0 Å². The molecule has 0 aromatic heterocycles. The summed E-state index contributed by atoms with van der Waals surface area (Å²) in [7, 11) is 0. The molecule has 2 aliphatic rings. The van der Waals surface area contributed by atoms with Crippen LogP contribution >= 0.6 is 0 Å². The third-order valence-corrected chi connectivity index (χ3v) is 3.82. The van der Waals surface area contributed by atoms with E-state index in [-0.39, 0.29) is 17.6 Å². The zero-order chi connectivity index (χ0) is 8.60. The molecule has 0 unspecified atom stereocenters. The molecule has 0 radical (unpaired) electrons. The molecule has 2 saturated carbocycles. The second-order valence-electron chi connectivity index (χ2n) is 4.40. The fourth-order valence-corrected chi connectivity index (χ4v) is 3.00. The molecule has 2 heteroatoms. The highest BCUT2D eigenvalue weighted by molar-refractivity contribution is 4.98. The lowest BCUT2D eigenvalue weighted by molar-refractivity contribution is -0.0763. The summed E-state index contributed by atoms with van der Waals surface area (Å²) in [5.74, 6) is 0. The van der Waals surface area contributed by atoms with Gasteiger partial charge in [0, 0.05) is 5.41 Å². The zero-order valence-electron chi connectivity index (χ0n) is 7.50. The van der Waals surface area contributed by atoms with Gasteiger partial charge in [-0.25, -0.2) is 0 Å². The van der Waals surface area contributed by atoms with Gasteiger partial charge in [-0.3, -0.25) is 0 Å². The molecule has 2 rings (SSSR count). The van der Waals surface area contributed by atoms with Gasteiger partial charge in [-0.2, -0.15) is 0 Å². The summed E-state index contributed by atoms with van der Waals surface area (Å²) in [6.07, 6.45) is 6.83. The summed E-state index contributed by atoms with van der Waals surface area (Å²) < 4.78 is 0. The Morgan fingerprint density at radius 2 is 1.42 bits per heavy atom. The Morgan fingerprint density at radius 1 is 0.833 bits per heavy atom. The molecule has 2 aliphatic carbocycles. The van der Waals surface area contributed by atoms with Crippen LogP contribution in [0.15, 0.2) is 0 Å². The van der Waals surface area contributed by atoms with Crippen LogP contribution in [0.3, 0.4) is 0 Å². The minimum Gasteiger partial charge on any atom is -0.392 e. The normalized spacial score (nSPS) is 48.5. The van der Waals surface area contributed by atoms with Gasteiger partial charge in [0.05, 0.1) is 12.2 Å². The lowest BCUT2D eigenvalue weighted by Gasteiger charge is -2.40. The van der Waals surface area contributed by atoms with Crippen LogP contribution in [-0.2, 0) is 0 Å². The van der Waals surface area contributed by atoms with Gasteiger partial charge >= 0.3 is 0 Å². The van der Waals surface area contributed by atoms with Crippen LogP contribution in [0.1, 0.15) is 44.9 Å². The Kier molecular flexibility index (Phi) is 2.13. The fraction of sp³-hybridized carbons (Fsp3) is 1.00. The Labute approximate surface area is 73.6 Å². The molecular formula is C10H18O2. The largest absolute Gasteiger partial charge is 0.392 e. The highest BCUT2D eigenvalue weighted by atomic mass is 16.3. The molecule has 0 bridgehead atoms. The molecule has 1 spiro atoms. The number of aliphatic hydroxyl groups excluding tert-OH is 2. The van der Waals surface area contributed by atoms with Gasteiger partial charge in [-0.15, -0.1) is 0 Å². The average molecular weight is 170 g/mol. The number of aliphatic hydroxyl groups is 2. The lowest BCUT2D eigenvalue weighted by atomic mass is 9.69. The Bertz CT molecular complexity index is 169. The zero-order valence-corrected chi connectivity index (χ0v) is 7.50. The molecule has 0 aromatic carbocycles. The van der Waals surface area contributed by atoms with Crippen molar-refractivity contribution in [1.82, 2.24) is 0 Å². The van der Waals surface area contributed by atoms with Crippen LogP contribution in [0.2, 0.25) is 0 Å². The van der Waals surface area contributed by atoms with Crippen LogP contribution in [0.25, 0.3) is 0 Å². The van der Waals surface area contributed by atoms with E-state index in [1.165, 1.54) is 6.42 Å². The van der Waals surface area contributed by atoms with E-state index in [9.17, 15) is 10.2 Å². The van der Waals surface area contributed by atoms with Crippen molar-refractivity contribution < 1.29 is 10.2 Å². The molecule has 0 aromatic rings. The van der Waals surface area contributed by atoms with Crippen LogP contribution in [0.5, 0.6) is 0 Å². The molecule has 0 aliphatic heterocycles. The van der Waals surface area contributed by atoms with Crippen LogP contribution in [-0.4, -0.2) is 22.4 Å². The van der Waals surface area contributed by atoms with E-state index in [0.717, 1.165) is 38.5 Å². The van der Waals surface area contributed by atoms with Crippen LogP contribution in [0.4, 0.5) is 0 Å². The van der Waals surface area contributed by atoms with E-state index >= 15 is 0 Å². The second-order valence-corrected chi connectivity index (χ2v) is 4.40.